The van der Waals surface area contributed by atoms with Crippen molar-refractivity contribution in [3.63, 3.8) is 0 Å². The van der Waals surface area contributed by atoms with E-state index in [1.165, 1.54) is 11.3 Å². The molecule has 0 saturated carbocycles. The highest BCUT2D eigenvalue weighted by molar-refractivity contribution is 7.17. The molecule has 0 radical (unpaired) electrons. The summed E-state index contributed by atoms with van der Waals surface area (Å²) >= 11 is 1.29. The predicted octanol–water partition coefficient (Wildman–Crippen LogP) is 1.20. The fraction of sp³-hybridized carbons (Fsp3) is 0.750. The Hall–Kier alpha value is -1.21. The number of hydrogen-bond acceptors (Lipinski definition) is 6. The molecule has 0 aromatic carbocycles. The molecule has 19 heavy (non-hydrogen) atoms. The molecule has 1 saturated heterocycles. The number of nitrogens with zero attached hydrogens (tertiary/aromatic N) is 3. The van der Waals surface area contributed by atoms with Crippen molar-refractivity contribution in [1.29, 1.82) is 0 Å². The fourth-order valence-electron chi connectivity index (χ4n) is 2.07. The molecule has 2 unspecified atom stereocenters. The molecular weight excluding hydrogens is 264 g/mol. The van der Waals surface area contributed by atoms with Gasteiger partial charge in [-0.15, -0.1) is 10.2 Å². The van der Waals surface area contributed by atoms with E-state index in [4.69, 9.17) is 0 Å². The molecule has 6 nitrogen and oxygen atoms in total. The van der Waals surface area contributed by atoms with Crippen LogP contribution in [-0.4, -0.2) is 51.8 Å². The summed E-state index contributed by atoms with van der Waals surface area (Å²) in [4.78, 5) is 14.0. The minimum Gasteiger partial charge on any atom is -0.393 e. The summed E-state index contributed by atoms with van der Waals surface area (Å²) in [6.45, 7) is 6.02. The number of likely N-dealkylation sites (tertiary alicyclic amines) is 1. The van der Waals surface area contributed by atoms with Crippen molar-refractivity contribution in [3.8, 4) is 0 Å². The molecule has 1 aromatic rings. The number of nitrogens with one attached hydrogen (secondary N) is 1. The summed E-state index contributed by atoms with van der Waals surface area (Å²) in [6.07, 6.45) is 1.33. The first-order valence-electron chi connectivity index (χ1n) is 6.66. The highest BCUT2D eigenvalue weighted by Gasteiger charge is 2.29. The standard InChI is InChI=1S/C12H20N4O2S/c1-3-5-13-12-15-14-10(19-12)11(18)16-6-4-9(17)8(2)7-16/h8-9,17H,3-7H2,1-2H3,(H,13,15). The van der Waals surface area contributed by atoms with Gasteiger partial charge in [0.15, 0.2) is 0 Å². The van der Waals surface area contributed by atoms with E-state index in [2.05, 4.69) is 22.4 Å². The average Bonchev–Trinajstić information content (AvgIpc) is 2.87. The van der Waals surface area contributed by atoms with Gasteiger partial charge in [0, 0.05) is 19.6 Å². The minimum absolute atomic E-state index is 0.0826. The molecule has 2 atom stereocenters. The molecule has 1 amide bonds. The molecule has 0 bridgehead atoms. The molecule has 1 fully saturated rings. The monoisotopic (exact) mass is 284 g/mol. The number of anilines is 1. The van der Waals surface area contributed by atoms with Gasteiger partial charge in [-0.2, -0.15) is 0 Å². The molecule has 106 valence electrons. The average molecular weight is 284 g/mol. The number of carbonyl (C=O) groups excluding carboxylic acids is 1. The lowest BCUT2D eigenvalue weighted by Gasteiger charge is -2.33. The highest BCUT2D eigenvalue weighted by Crippen LogP contribution is 2.21. The van der Waals surface area contributed by atoms with Gasteiger partial charge in [0.05, 0.1) is 6.10 Å². The molecular formula is C12H20N4O2S. The van der Waals surface area contributed by atoms with Gasteiger partial charge in [0.2, 0.25) is 10.1 Å². The maximum atomic E-state index is 12.3. The summed E-state index contributed by atoms with van der Waals surface area (Å²) in [7, 11) is 0. The van der Waals surface area contributed by atoms with Gasteiger partial charge in [-0.1, -0.05) is 25.2 Å². The Kier molecular flexibility index (Phi) is 4.71. The molecule has 0 aliphatic carbocycles. The van der Waals surface area contributed by atoms with Crippen LogP contribution in [0.2, 0.25) is 0 Å². The summed E-state index contributed by atoms with van der Waals surface area (Å²) in [6, 6.07) is 0. The van der Waals surface area contributed by atoms with Gasteiger partial charge in [-0.25, -0.2) is 0 Å². The fourth-order valence-corrected chi connectivity index (χ4v) is 2.80. The number of piperidine rings is 1. The van der Waals surface area contributed by atoms with Crippen LogP contribution >= 0.6 is 11.3 Å². The number of carbonyl (C=O) groups is 1. The maximum Gasteiger partial charge on any atom is 0.284 e. The van der Waals surface area contributed by atoms with Gasteiger partial charge in [-0.3, -0.25) is 4.79 Å². The smallest absolute Gasteiger partial charge is 0.284 e. The minimum atomic E-state index is -0.305. The Balaban J connectivity index is 1.97. The van der Waals surface area contributed by atoms with Crippen LogP contribution in [0.25, 0.3) is 0 Å². The second kappa shape index (κ2) is 6.29. The molecule has 1 aliphatic rings. The topological polar surface area (TPSA) is 78.4 Å². The third kappa shape index (κ3) is 3.42. The lowest BCUT2D eigenvalue weighted by atomic mass is 9.97. The third-order valence-corrected chi connectivity index (χ3v) is 4.15. The Morgan fingerprint density at radius 1 is 1.58 bits per heavy atom. The van der Waals surface area contributed by atoms with Gasteiger partial charge in [-0.05, 0) is 18.8 Å². The van der Waals surface area contributed by atoms with Crippen molar-refractivity contribution in [2.75, 3.05) is 25.0 Å². The Labute approximate surface area is 116 Å². The van der Waals surface area contributed by atoms with Crippen molar-refractivity contribution in [1.82, 2.24) is 15.1 Å². The van der Waals surface area contributed by atoms with E-state index in [1.807, 2.05) is 6.92 Å². The summed E-state index contributed by atoms with van der Waals surface area (Å²) in [5, 5.41) is 21.8. The van der Waals surface area contributed by atoms with Crippen LogP contribution in [0.4, 0.5) is 5.13 Å². The second-order valence-corrected chi connectivity index (χ2v) is 5.90. The van der Waals surface area contributed by atoms with Crippen molar-refractivity contribution in [3.05, 3.63) is 5.01 Å². The zero-order valence-electron chi connectivity index (χ0n) is 11.3. The molecule has 7 heteroatoms. The Morgan fingerprint density at radius 2 is 2.37 bits per heavy atom. The van der Waals surface area contributed by atoms with Crippen LogP contribution in [0.1, 0.15) is 36.5 Å². The quantitative estimate of drug-likeness (QED) is 0.868. The highest BCUT2D eigenvalue weighted by atomic mass is 32.1. The number of rotatable bonds is 4. The van der Waals surface area contributed by atoms with Crippen LogP contribution in [0.15, 0.2) is 0 Å². The largest absolute Gasteiger partial charge is 0.393 e. The van der Waals surface area contributed by atoms with E-state index in [1.54, 1.807) is 4.90 Å². The third-order valence-electron chi connectivity index (χ3n) is 3.28. The Morgan fingerprint density at radius 3 is 3.05 bits per heavy atom. The number of hydrogen-bond donors (Lipinski definition) is 2. The van der Waals surface area contributed by atoms with Gasteiger partial charge < -0.3 is 15.3 Å². The van der Waals surface area contributed by atoms with E-state index >= 15 is 0 Å². The van der Waals surface area contributed by atoms with E-state index in [9.17, 15) is 9.90 Å². The van der Waals surface area contributed by atoms with Crippen LogP contribution < -0.4 is 5.32 Å². The second-order valence-electron chi connectivity index (χ2n) is 4.92. The Bertz CT molecular complexity index is 437. The van der Waals surface area contributed by atoms with E-state index < -0.39 is 0 Å². The van der Waals surface area contributed by atoms with Crippen molar-refractivity contribution in [2.24, 2.45) is 5.92 Å². The lowest BCUT2D eigenvalue weighted by Crippen LogP contribution is -2.44. The van der Waals surface area contributed by atoms with Gasteiger partial charge in [0.1, 0.15) is 0 Å². The van der Waals surface area contributed by atoms with Crippen LogP contribution in [0.3, 0.4) is 0 Å². The zero-order chi connectivity index (χ0) is 13.8. The molecule has 2 rings (SSSR count). The molecule has 2 heterocycles. The van der Waals surface area contributed by atoms with E-state index in [0.29, 0.717) is 29.6 Å². The first-order valence-corrected chi connectivity index (χ1v) is 7.48. The van der Waals surface area contributed by atoms with Crippen LogP contribution in [-0.2, 0) is 0 Å². The van der Waals surface area contributed by atoms with E-state index in [-0.39, 0.29) is 17.9 Å². The number of amides is 1. The van der Waals surface area contributed by atoms with E-state index in [0.717, 1.165) is 13.0 Å². The lowest BCUT2D eigenvalue weighted by molar-refractivity contribution is 0.0297. The van der Waals surface area contributed by atoms with Crippen molar-refractivity contribution >= 4 is 22.4 Å². The normalized spacial score (nSPS) is 23.4. The zero-order valence-corrected chi connectivity index (χ0v) is 12.1. The van der Waals surface area contributed by atoms with Crippen molar-refractivity contribution < 1.29 is 9.90 Å². The van der Waals surface area contributed by atoms with Gasteiger partial charge >= 0.3 is 0 Å². The van der Waals surface area contributed by atoms with Crippen molar-refractivity contribution in [2.45, 2.75) is 32.8 Å². The first-order chi connectivity index (χ1) is 9.11. The summed E-state index contributed by atoms with van der Waals surface area (Å²) in [5.74, 6) is 0.0316. The maximum absolute atomic E-state index is 12.3. The molecule has 1 aliphatic heterocycles. The predicted molar refractivity (Wildman–Crippen MR) is 74.4 cm³/mol. The molecule has 0 spiro atoms. The molecule has 2 N–H and O–H groups in total. The molecule has 1 aromatic heterocycles. The van der Waals surface area contributed by atoms with Crippen LogP contribution in [0.5, 0.6) is 0 Å². The summed E-state index contributed by atoms with van der Waals surface area (Å²) < 4.78 is 0. The number of aliphatic hydroxyl groups is 1. The first kappa shape index (κ1) is 14.2. The number of aromatic nitrogens is 2. The number of aliphatic hydroxyl groups excluding tert-OH is 1. The summed E-state index contributed by atoms with van der Waals surface area (Å²) in [5.41, 5.74) is 0. The van der Waals surface area contributed by atoms with Gasteiger partial charge in [0.25, 0.3) is 5.91 Å². The van der Waals surface area contributed by atoms with Crippen LogP contribution in [0, 0.1) is 5.92 Å². The SMILES string of the molecule is CCCNc1nnc(C(=O)N2CCC(O)C(C)C2)s1.